The van der Waals surface area contributed by atoms with Crippen molar-refractivity contribution in [3.05, 3.63) is 71.3 Å². The fourth-order valence-electron chi connectivity index (χ4n) is 2.47. The number of nitrogens with zero attached hydrogens (tertiary/aromatic N) is 1. The summed E-state index contributed by atoms with van der Waals surface area (Å²) in [5, 5.41) is 2.68. The van der Waals surface area contributed by atoms with Crippen LogP contribution >= 0.6 is 0 Å². The second-order valence-corrected chi connectivity index (χ2v) is 6.27. The molecule has 0 aromatic heterocycles. The van der Waals surface area contributed by atoms with Gasteiger partial charge in [-0.2, -0.15) is 0 Å². The van der Waals surface area contributed by atoms with Crippen molar-refractivity contribution >= 4 is 17.8 Å². The summed E-state index contributed by atoms with van der Waals surface area (Å²) in [7, 11) is 1.69. The van der Waals surface area contributed by atoms with E-state index in [0.717, 1.165) is 11.1 Å². The molecule has 0 aliphatic heterocycles. The molecule has 1 unspecified atom stereocenters. The van der Waals surface area contributed by atoms with Crippen LogP contribution in [0.5, 0.6) is 0 Å². The van der Waals surface area contributed by atoms with Gasteiger partial charge in [-0.05, 0) is 30.2 Å². The lowest BCUT2D eigenvalue weighted by atomic mass is 10.1. The van der Waals surface area contributed by atoms with E-state index >= 15 is 0 Å². The molecule has 0 spiro atoms. The lowest BCUT2D eigenvalue weighted by molar-refractivity contribution is -0.135. The van der Waals surface area contributed by atoms with E-state index in [4.69, 9.17) is 4.74 Å². The Labute approximate surface area is 159 Å². The zero-order valence-corrected chi connectivity index (χ0v) is 15.8. The molecule has 2 amide bonds. The minimum atomic E-state index is -0.560. The molecule has 6 heteroatoms. The predicted molar refractivity (Wildman–Crippen MR) is 102 cm³/mol. The van der Waals surface area contributed by atoms with Crippen molar-refractivity contribution in [2.75, 3.05) is 13.7 Å². The highest BCUT2D eigenvalue weighted by atomic mass is 16.5. The Hall–Kier alpha value is -3.15. The number of esters is 1. The van der Waals surface area contributed by atoms with Gasteiger partial charge in [-0.1, -0.05) is 42.5 Å². The van der Waals surface area contributed by atoms with Crippen LogP contribution in [0.3, 0.4) is 0 Å². The first-order valence-corrected chi connectivity index (χ1v) is 8.69. The third kappa shape index (κ3) is 5.95. The number of nitrogens with one attached hydrogen (secondary N) is 1. The van der Waals surface area contributed by atoms with Crippen molar-refractivity contribution < 1.29 is 19.1 Å². The fraction of sp³-hybridized carbons (Fsp3) is 0.286. The maximum Gasteiger partial charge on any atom is 0.338 e. The van der Waals surface area contributed by atoms with Gasteiger partial charge in [-0.25, -0.2) is 4.79 Å². The average molecular weight is 368 g/mol. The highest BCUT2D eigenvalue weighted by Crippen LogP contribution is 2.18. The van der Waals surface area contributed by atoms with E-state index in [1.807, 2.05) is 37.3 Å². The van der Waals surface area contributed by atoms with Crippen molar-refractivity contribution in [3.63, 3.8) is 0 Å². The summed E-state index contributed by atoms with van der Waals surface area (Å²) in [6.07, 6.45) is 0. The summed E-state index contributed by atoms with van der Waals surface area (Å²) < 4.78 is 5.14. The van der Waals surface area contributed by atoms with E-state index in [9.17, 15) is 14.4 Å². The van der Waals surface area contributed by atoms with Crippen molar-refractivity contribution in [2.24, 2.45) is 0 Å². The summed E-state index contributed by atoms with van der Waals surface area (Å²) >= 11 is 0. The SMILES string of the molecule is CC(=O)NCc1ccc(C(=O)OCC(=O)N(C)C(C)c2ccccc2)cc1. The monoisotopic (exact) mass is 368 g/mol. The van der Waals surface area contributed by atoms with Gasteiger partial charge < -0.3 is 15.0 Å². The minimum absolute atomic E-state index is 0.120. The summed E-state index contributed by atoms with van der Waals surface area (Å²) in [4.78, 5) is 36.9. The van der Waals surface area contributed by atoms with Crippen LogP contribution in [0, 0.1) is 0 Å². The fourth-order valence-corrected chi connectivity index (χ4v) is 2.47. The highest BCUT2D eigenvalue weighted by molar-refractivity contribution is 5.91. The smallest absolute Gasteiger partial charge is 0.338 e. The number of ether oxygens (including phenoxy) is 1. The molecule has 2 rings (SSSR count). The summed E-state index contributed by atoms with van der Waals surface area (Å²) in [5.41, 5.74) is 2.23. The van der Waals surface area contributed by atoms with Crippen LogP contribution in [-0.2, 0) is 20.9 Å². The Bertz CT molecular complexity index is 788. The van der Waals surface area contributed by atoms with Crippen molar-refractivity contribution in [3.8, 4) is 0 Å². The molecular formula is C21H24N2O4. The lowest BCUT2D eigenvalue weighted by Gasteiger charge is -2.25. The molecule has 0 bridgehead atoms. The molecule has 0 radical (unpaired) electrons. The molecule has 0 heterocycles. The van der Waals surface area contributed by atoms with Gasteiger partial charge in [0.2, 0.25) is 5.91 Å². The number of likely N-dealkylation sites (N-methyl/N-ethyl adjacent to an activating group) is 1. The van der Waals surface area contributed by atoms with Gasteiger partial charge in [0.1, 0.15) is 0 Å². The summed E-state index contributed by atoms with van der Waals surface area (Å²) in [6.45, 7) is 3.44. The topological polar surface area (TPSA) is 75.7 Å². The van der Waals surface area contributed by atoms with Gasteiger partial charge in [0.15, 0.2) is 6.61 Å². The Morgan fingerprint density at radius 3 is 2.26 bits per heavy atom. The largest absolute Gasteiger partial charge is 0.452 e. The van der Waals surface area contributed by atoms with Crippen molar-refractivity contribution in [1.29, 1.82) is 0 Å². The molecule has 142 valence electrons. The average Bonchev–Trinajstić information content (AvgIpc) is 2.70. The second-order valence-electron chi connectivity index (χ2n) is 6.27. The van der Waals surface area contributed by atoms with Crippen molar-refractivity contribution in [2.45, 2.75) is 26.4 Å². The first-order chi connectivity index (χ1) is 12.9. The van der Waals surface area contributed by atoms with E-state index in [1.54, 1.807) is 36.2 Å². The quantitative estimate of drug-likeness (QED) is 0.763. The molecule has 0 saturated heterocycles. The van der Waals surface area contributed by atoms with E-state index < -0.39 is 5.97 Å². The summed E-state index contributed by atoms with van der Waals surface area (Å²) in [6, 6.07) is 16.2. The molecule has 0 aliphatic carbocycles. The van der Waals surface area contributed by atoms with Gasteiger partial charge >= 0.3 is 5.97 Å². The Morgan fingerprint density at radius 1 is 1.04 bits per heavy atom. The number of benzene rings is 2. The maximum atomic E-state index is 12.3. The van der Waals surface area contributed by atoms with Crippen molar-refractivity contribution in [1.82, 2.24) is 10.2 Å². The van der Waals surface area contributed by atoms with Gasteiger partial charge in [-0.3, -0.25) is 9.59 Å². The predicted octanol–water partition coefficient (Wildman–Crippen LogP) is 2.70. The first-order valence-electron chi connectivity index (χ1n) is 8.69. The summed E-state index contributed by atoms with van der Waals surface area (Å²) in [5.74, 6) is -0.956. The van der Waals surface area contributed by atoms with E-state index in [-0.39, 0.29) is 24.5 Å². The van der Waals surface area contributed by atoms with Crippen LogP contribution in [0.4, 0.5) is 0 Å². The number of rotatable bonds is 7. The molecule has 2 aromatic rings. The zero-order chi connectivity index (χ0) is 19.8. The third-order valence-corrected chi connectivity index (χ3v) is 4.31. The van der Waals surface area contributed by atoms with Crippen LogP contribution in [0.2, 0.25) is 0 Å². The molecule has 27 heavy (non-hydrogen) atoms. The van der Waals surface area contributed by atoms with Gasteiger partial charge in [0, 0.05) is 20.5 Å². The number of hydrogen-bond donors (Lipinski definition) is 1. The van der Waals surface area contributed by atoms with Crippen LogP contribution in [-0.4, -0.2) is 36.3 Å². The highest BCUT2D eigenvalue weighted by Gasteiger charge is 2.19. The number of carbonyl (C=O) groups excluding carboxylic acids is 3. The number of amides is 2. The van der Waals surface area contributed by atoms with Crippen LogP contribution < -0.4 is 5.32 Å². The number of carbonyl (C=O) groups is 3. The minimum Gasteiger partial charge on any atom is -0.452 e. The normalized spacial score (nSPS) is 11.4. The zero-order valence-electron chi connectivity index (χ0n) is 15.8. The van der Waals surface area contributed by atoms with E-state index in [0.29, 0.717) is 12.1 Å². The lowest BCUT2D eigenvalue weighted by Crippen LogP contribution is -2.33. The first kappa shape index (κ1) is 20.2. The van der Waals surface area contributed by atoms with Gasteiger partial charge in [0.25, 0.3) is 5.91 Å². The Morgan fingerprint density at radius 2 is 1.67 bits per heavy atom. The van der Waals surface area contributed by atoms with Gasteiger partial charge in [0.05, 0.1) is 11.6 Å². The molecule has 0 saturated carbocycles. The van der Waals surface area contributed by atoms with E-state index in [2.05, 4.69) is 5.32 Å². The Kier molecular flexibility index (Phi) is 7.11. The second kappa shape index (κ2) is 9.52. The standard InChI is InChI=1S/C21H24N2O4/c1-15(18-7-5-4-6-8-18)23(3)20(25)14-27-21(26)19-11-9-17(10-12-19)13-22-16(2)24/h4-12,15H,13-14H2,1-3H3,(H,22,24). The van der Waals surface area contributed by atoms with Crippen LogP contribution in [0.25, 0.3) is 0 Å². The molecule has 0 fully saturated rings. The van der Waals surface area contributed by atoms with Crippen LogP contribution in [0.1, 0.15) is 41.4 Å². The molecule has 0 aliphatic rings. The van der Waals surface area contributed by atoms with Crippen LogP contribution in [0.15, 0.2) is 54.6 Å². The Balaban J connectivity index is 1.87. The van der Waals surface area contributed by atoms with Gasteiger partial charge in [-0.15, -0.1) is 0 Å². The maximum absolute atomic E-state index is 12.3. The molecule has 6 nitrogen and oxygen atoms in total. The molecule has 2 aromatic carbocycles. The third-order valence-electron chi connectivity index (χ3n) is 4.31. The van der Waals surface area contributed by atoms with E-state index in [1.165, 1.54) is 6.92 Å². The molecule has 1 N–H and O–H groups in total. The number of hydrogen-bond acceptors (Lipinski definition) is 4. The molecular weight excluding hydrogens is 344 g/mol. The molecule has 1 atom stereocenters.